The van der Waals surface area contributed by atoms with Crippen molar-refractivity contribution in [1.29, 1.82) is 0 Å². The molecule has 4 nitrogen and oxygen atoms in total. The summed E-state index contributed by atoms with van der Waals surface area (Å²) in [6.07, 6.45) is 0. The van der Waals surface area contributed by atoms with Crippen LogP contribution in [0.25, 0.3) is 0 Å². The first-order valence-corrected chi connectivity index (χ1v) is 8.48. The third kappa shape index (κ3) is 4.99. The van der Waals surface area contributed by atoms with E-state index in [-0.39, 0.29) is 11.3 Å². The molecule has 0 bridgehead atoms. The SMILES string of the molecule is COc1ccc(C(=O)NCCOc2ccccc2C(C)(C)C)cc1C. The third-order valence-electron chi connectivity index (χ3n) is 4.00. The summed E-state index contributed by atoms with van der Waals surface area (Å²) in [5.41, 5.74) is 2.73. The van der Waals surface area contributed by atoms with E-state index in [0.717, 1.165) is 22.6 Å². The van der Waals surface area contributed by atoms with Crippen molar-refractivity contribution in [1.82, 2.24) is 5.32 Å². The van der Waals surface area contributed by atoms with Crippen molar-refractivity contribution in [2.24, 2.45) is 0 Å². The molecule has 0 spiro atoms. The van der Waals surface area contributed by atoms with Gasteiger partial charge in [0.2, 0.25) is 0 Å². The number of para-hydroxylation sites is 1. The maximum Gasteiger partial charge on any atom is 0.251 e. The Morgan fingerprint density at radius 1 is 1.08 bits per heavy atom. The number of benzene rings is 2. The van der Waals surface area contributed by atoms with Crippen LogP contribution in [0.5, 0.6) is 11.5 Å². The van der Waals surface area contributed by atoms with E-state index in [1.165, 1.54) is 0 Å². The summed E-state index contributed by atoms with van der Waals surface area (Å²) in [6.45, 7) is 9.26. The number of carbonyl (C=O) groups is 1. The van der Waals surface area contributed by atoms with E-state index < -0.39 is 0 Å². The molecule has 0 saturated carbocycles. The molecule has 0 aliphatic heterocycles. The molecule has 1 N–H and O–H groups in total. The highest BCUT2D eigenvalue weighted by molar-refractivity contribution is 5.94. The van der Waals surface area contributed by atoms with E-state index in [1.54, 1.807) is 19.2 Å². The van der Waals surface area contributed by atoms with Gasteiger partial charge in [0, 0.05) is 5.56 Å². The molecule has 2 rings (SSSR count). The fourth-order valence-corrected chi connectivity index (χ4v) is 2.66. The van der Waals surface area contributed by atoms with E-state index in [0.29, 0.717) is 18.7 Å². The Hall–Kier alpha value is -2.49. The molecular weight excluding hydrogens is 314 g/mol. The van der Waals surface area contributed by atoms with Crippen molar-refractivity contribution in [3.05, 3.63) is 59.2 Å². The number of ether oxygens (including phenoxy) is 2. The van der Waals surface area contributed by atoms with Crippen LogP contribution in [0, 0.1) is 6.92 Å². The van der Waals surface area contributed by atoms with Crippen LogP contribution in [0.15, 0.2) is 42.5 Å². The summed E-state index contributed by atoms with van der Waals surface area (Å²) in [6, 6.07) is 13.4. The van der Waals surface area contributed by atoms with Gasteiger partial charge in [0.1, 0.15) is 18.1 Å². The summed E-state index contributed by atoms with van der Waals surface area (Å²) in [4.78, 5) is 12.2. The quantitative estimate of drug-likeness (QED) is 0.804. The van der Waals surface area contributed by atoms with Gasteiger partial charge in [0.15, 0.2) is 0 Å². The zero-order valence-electron chi connectivity index (χ0n) is 15.7. The van der Waals surface area contributed by atoms with Crippen molar-refractivity contribution < 1.29 is 14.3 Å². The summed E-state index contributed by atoms with van der Waals surface area (Å²) >= 11 is 0. The average Bonchev–Trinajstić information content (AvgIpc) is 2.58. The Bertz CT molecular complexity index is 732. The highest BCUT2D eigenvalue weighted by atomic mass is 16.5. The molecule has 0 radical (unpaired) electrons. The number of nitrogens with one attached hydrogen (secondary N) is 1. The van der Waals surface area contributed by atoms with Crippen LogP contribution in [0.4, 0.5) is 0 Å². The first kappa shape index (κ1) is 18.8. The molecule has 2 aromatic rings. The Morgan fingerprint density at radius 2 is 1.80 bits per heavy atom. The molecule has 0 unspecified atom stereocenters. The normalized spacial score (nSPS) is 11.1. The molecular formula is C21H27NO3. The molecule has 134 valence electrons. The van der Waals surface area contributed by atoms with Crippen LogP contribution < -0.4 is 14.8 Å². The van der Waals surface area contributed by atoms with Crippen molar-refractivity contribution in [3.63, 3.8) is 0 Å². The van der Waals surface area contributed by atoms with Crippen molar-refractivity contribution in [2.75, 3.05) is 20.3 Å². The van der Waals surface area contributed by atoms with Gasteiger partial charge in [0.05, 0.1) is 13.7 Å². The van der Waals surface area contributed by atoms with Gasteiger partial charge in [-0.15, -0.1) is 0 Å². The summed E-state index contributed by atoms with van der Waals surface area (Å²) < 4.78 is 11.1. The van der Waals surface area contributed by atoms with Crippen LogP contribution in [-0.2, 0) is 5.41 Å². The molecule has 0 heterocycles. The topological polar surface area (TPSA) is 47.6 Å². The molecule has 4 heteroatoms. The molecule has 2 aromatic carbocycles. The molecule has 0 aliphatic carbocycles. The van der Waals surface area contributed by atoms with Gasteiger partial charge in [0.25, 0.3) is 5.91 Å². The Labute approximate surface area is 150 Å². The standard InChI is InChI=1S/C21H27NO3/c1-15-14-16(10-11-18(15)24-5)20(23)22-12-13-25-19-9-7-6-8-17(19)21(2,3)4/h6-11,14H,12-13H2,1-5H3,(H,22,23). The van der Waals surface area contributed by atoms with Gasteiger partial charge in [-0.3, -0.25) is 4.79 Å². The highest BCUT2D eigenvalue weighted by Gasteiger charge is 2.18. The summed E-state index contributed by atoms with van der Waals surface area (Å²) in [7, 11) is 1.62. The zero-order chi connectivity index (χ0) is 18.4. The second-order valence-corrected chi connectivity index (χ2v) is 7.03. The zero-order valence-corrected chi connectivity index (χ0v) is 15.7. The van der Waals surface area contributed by atoms with Gasteiger partial charge >= 0.3 is 0 Å². The predicted molar refractivity (Wildman–Crippen MR) is 101 cm³/mol. The van der Waals surface area contributed by atoms with E-state index in [1.807, 2.05) is 31.2 Å². The van der Waals surface area contributed by atoms with Gasteiger partial charge in [-0.1, -0.05) is 39.0 Å². The van der Waals surface area contributed by atoms with E-state index >= 15 is 0 Å². The maximum atomic E-state index is 12.2. The Morgan fingerprint density at radius 3 is 2.44 bits per heavy atom. The molecule has 0 aliphatic rings. The minimum Gasteiger partial charge on any atom is -0.496 e. The summed E-state index contributed by atoms with van der Waals surface area (Å²) in [5.74, 6) is 1.53. The number of aryl methyl sites for hydroxylation is 1. The minimum atomic E-state index is -0.113. The fraction of sp³-hybridized carbons (Fsp3) is 0.381. The number of amides is 1. The van der Waals surface area contributed by atoms with E-state index in [9.17, 15) is 4.79 Å². The molecule has 0 aromatic heterocycles. The average molecular weight is 341 g/mol. The number of rotatable bonds is 6. The molecule has 0 fully saturated rings. The lowest BCUT2D eigenvalue weighted by Crippen LogP contribution is -2.28. The van der Waals surface area contributed by atoms with Crippen LogP contribution in [0.2, 0.25) is 0 Å². The molecule has 0 atom stereocenters. The molecule has 0 saturated heterocycles. The number of methoxy groups -OCH3 is 1. The molecule has 25 heavy (non-hydrogen) atoms. The maximum absolute atomic E-state index is 12.2. The largest absolute Gasteiger partial charge is 0.496 e. The fourth-order valence-electron chi connectivity index (χ4n) is 2.66. The smallest absolute Gasteiger partial charge is 0.251 e. The Balaban J connectivity index is 1.90. The van der Waals surface area contributed by atoms with E-state index in [4.69, 9.17) is 9.47 Å². The van der Waals surface area contributed by atoms with Crippen molar-refractivity contribution in [3.8, 4) is 11.5 Å². The Kier molecular flexibility index (Phi) is 6.07. The number of hydrogen-bond acceptors (Lipinski definition) is 3. The van der Waals surface area contributed by atoms with Crippen molar-refractivity contribution >= 4 is 5.91 Å². The van der Waals surface area contributed by atoms with Gasteiger partial charge in [-0.2, -0.15) is 0 Å². The van der Waals surface area contributed by atoms with Gasteiger partial charge in [-0.25, -0.2) is 0 Å². The lowest BCUT2D eigenvalue weighted by atomic mass is 9.86. The highest BCUT2D eigenvalue weighted by Crippen LogP contribution is 2.30. The first-order chi connectivity index (χ1) is 11.8. The second-order valence-electron chi connectivity index (χ2n) is 7.03. The number of hydrogen-bond donors (Lipinski definition) is 1. The monoisotopic (exact) mass is 341 g/mol. The lowest BCUT2D eigenvalue weighted by molar-refractivity contribution is 0.0946. The molecule has 1 amide bonds. The van der Waals surface area contributed by atoms with E-state index in [2.05, 4.69) is 32.2 Å². The summed E-state index contributed by atoms with van der Waals surface area (Å²) in [5, 5.41) is 2.89. The van der Waals surface area contributed by atoms with Crippen LogP contribution in [0.3, 0.4) is 0 Å². The van der Waals surface area contributed by atoms with Crippen LogP contribution >= 0.6 is 0 Å². The van der Waals surface area contributed by atoms with Crippen LogP contribution in [-0.4, -0.2) is 26.2 Å². The van der Waals surface area contributed by atoms with Crippen LogP contribution in [0.1, 0.15) is 42.3 Å². The second kappa shape index (κ2) is 8.06. The first-order valence-electron chi connectivity index (χ1n) is 8.48. The number of carbonyl (C=O) groups excluding carboxylic acids is 1. The minimum absolute atomic E-state index is 0.0143. The van der Waals surface area contributed by atoms with Gasteiger partial charge in [-0.05, 0) is 47.7 Å². The van der Waals surface area contributed by atoms with Gasteiger partial charge < -0.3 is 14.8 Å². The van der Waals surface area contributed by atoms with Crippen molar-refractivity contribution in [2.45, 2.75) is 33.1 Å². The third-order valence-corrected chi connectivity index (χ3v) is 4.00. The lowest BCUT2D eigenvalue weighted by Gasteiger charge is -2.22. The predicted octanol–water partition coefficient (Wildman–Crippen LogP) is 4.11.